The van der Waals surface area contributed by atoms with Gasteiger partial charge in [-0.3, -0.25) is 4.79 Å². The third-order valence-electron chi connectivity index (χ3n) is 3.32. The van der Waals surface area contributed by atoms with Crippen LogP contribution in [0.15, 0.2) is 59.1 Å². The number of nitrogens with one attached hydrogen (secondary N) is 1. The molecule has 0 aliphatic rings. The molecule has 0 saturated carbocycles. The normalized spacial score (nSPS) is 11.3. The molecule has 0 radical (unpaired) electrons. The number of carbonyl (C=O) groups is 1. The second kappa shape index (κ2) is 6.76. The molecule has 0 spiro atoms. The summed E-state index contributed by atoms with van der Waals surface area (Å²) in [6.45, 7) is 0. The first-order valence-corrected chi connectivity index (χ1v) is 7.27. The number of halogens is 3. The van der Waals surface area contributed by atoms with Gasteiger partial charge in [0.2, 0.25) is 0 Å². The van der Waals surface area contributed by atoms with Crippen LogP contribution in [0.5, 0.6) is 0 Å². The van der Waals surface area contributed by atoms with Crippen LogP contribution in [0.1, 0.15) is 27.6 Å². The number of rotatable bonds is 4. The highest BCUT2D eigenvalue weighted by Gasteiger charge is 2.38. The second-order valence-corrected chi connectivity index (χ2v) is 5.21. The van der Waals surface area contributed by atoms with Gasteiger partial charge in [0, 0.05) is 17.7 Å². The Labute approximate surface area is 140 Å². The average Bonchev–Trinajstić information content (AvgIpc) is 3.06. The van der Waals surface area contributed by atoms with Crippen molar-refractivity contribution in [2.45, 2.75) is 12.6 Å². The first-order chi connectivity index (χ1) is 11.9. The molecule has 1 heterocycles. The Hall–Kier alpha value is -3.16. The molecular weight excluding hydrogens is 335 g/mol. The maximum atomic E-state index is 12.4. The minimum Gasteiger partial charge on any atom is -0.329 e. The van der Waals surface area contributed by atoms with Crippen LogP contribution < -0.4 is 5.32 Å². The van der Waals surface area contributed by atoms with Crippen LogP contribution in [0.4, 0.5) is 18.9 Å². The topological polar surface area (TPSA) is 68.0 Å². The standard InChI is InChI=1S/C17H12F3N3O2/c18-17(19,20)16-22-14(23-25-16)10-11-6-8-13(9-7-11)21-15(24)12-4-2-1-3-5-12/h1-9H,10H2,(H,21,24). The summed E-state index contributed by atoms with van der Waals surface area (Å²) in [6, 6.07) is 15.4. The molecule has 0 aliphatic carbocycles. The SMILES string of the molecule is O=C(Nc1ccc(Cc2noc(C(F)(F)F)n2)cc1)c1ccccc1. The van der Waals surface area contributed by atoms with Gasteiger partial charge in [-0.1, -0.05) is 35.5 Å². The lowest BCUT2D eigenvalue weighted by Crippen LogP contribution is -2.11. The first kappa shape index (κ1) is 16.7. The molecule has 0 fully saturated rings. The van der Waals surface area contributed by atoms with Crippen LogP contribution in [0.2, 0.25) is 0 Å². The van der Waals surface area contributed by atoms with E-state index in [1.807, 2.05) is 6.07 Å². The highest BCUT2D eigenvalue weighted by molar-refractivity contribution is 6.04. The van der Waals surface area contributed by atoms with Crippen molar-refractivity contribution in [1.29, 1.82) is 0 Å². The van der Waals surface area contributed by atoms with Gasteiger partial charge >= 0.3 is 12.1 Å². The van der Waals surface area contributed by atoms with E-state index in [0.717, 1.165) is 0 Å². The Morgan fingerprint density at radius 2 is 1.72 bits per heavy atom. The number of anilines is 1. The Bertz CT molecular complexity index is 859. The van der Waals surface area contributed by atoms with Gasteiger partial charge in [-0.2, -0.15) is 18.2 Å². The molecule has 5 nitrogen and oxygen atoms in total. The van der Waals surface area contributed by atoms with Gasteiger partial charge in [-0.25, -0.2) is 0 Å². The Morgan fingerprint density at radius 3 is 2.32 bits per heavy atom. The largest absolute Gasteiger partial charge is 0.471 e. The van der Waals surface area contributed by atoms with E-state index in [1.165, 1.54) is 0 Å². The number of nitrogens with zero attached hydrogens (tertiary/aromatic N) is 2. The van der Waals surface area contributed by atoms with E-state index in [0.29, 0.717) is 16.8 Å². The predicted octanol–water partition coefficient (Wildman–Crippen LogP) is 3.93. The molecular formula is C17H12F3N3O2. The van der Waals surface area contributed by atoms with Crippen molar-refractivity contribution < 1.29 is 22.5 Å². The molecule has 1 aromatic heterocycles. The second-order valence-electron chi connectivity index (χ2n) is 5.21. The summed E-state index contributed by atoms with van der Waals surface area (Å²) < 4.78 is 41.4. The molecule has 0 unspecified atom stereocenters. The molecule has 0 aliphatic heterocycles. The van der Waals surface area contributed by atoms with E-state index < -0.39 is 12.1 Å². The fraction of sp³-hybridized carbons (Fsp3) is 0.118. The van der Waals surface area contributed by atoms with Crippen molar-refractivity contribution in [2.24, 2.45) is 0 Å². The number of hydrogen-bond acceptors (Lipinski definition) is 4. The van der Waals surface area contributed by atoms with E-state index in [2.05, 4.69) is 20.0 Å². The lowest BCUT2D eigenvalue weighted by Gasteiger charge is -2.06. The van der Waals surface area contributed by atoms with E-state index >= 15 is 0 Å². The van der Waals surface area contributed by atoms with Crippen LogP contribution in [0.25, 0.3) is 0 Å². The molecule has 0 bridgehead atoms. The van der Waals surface area contributed by atoms with Crippen LogP contribution in [0, 0.1) is 0 Å². The number of amides is 1. The molecule has 0 atom stereocenters. The lowest BCUT2D eigenvalue weighted by atomic mass is 10.1. The summed E-state index contributed by atoms with van der Waals surface area (Å²) in [5, 5.41) is 6.05. The third kappa shape index (κ3) is 4.23. The highest BCUT2D eigenvalue weighted by atomic mass is 19.4. The van der Waals surface area contributed by atoms with Crippen molar-refractivity contribution >= 4 is 11.6 Å². The van der Waals surface area contributed by atoms with Crippen LogP contribution >= 0.6 is 0 Å². The van der Waals surface area contributed by atoms with Crippen LogP contribution in [0.3, 0.4) is 0 Å². The highest BCUT2D eigenvalue weighted by Crippen LogP contribution is 2.27. The van der Waals surface area contributed by atoms with Gasteiger partial charge in [0.05, 0.1) is 0 Å². The van der Waals surface area contributed by atoms with Crippen molar-refractivity contribution in [3.05, 3.63) is 77.4 Å². The number of carbonyl (C=O) groups excluding carboxylic acids is 1. The molecule has 1 amide bonds. The molecule has 3 aromatic rings. The number of hydrogen-bond donors (Lipinski definition) is 1. The van der Waals surface area contributed by atoms with E-state index in [4.69, 9.17) is 0 Å². The van der Waals surface area contributed by atoms with Gasteiger partial charge in [0.15, 0.2) is 5.82 Å². The smallest absolute Gasteiger partial charge is 0.329 e. The summed E-state index contributed by atoms with van der Waals surface area (Å²) in [6.07, 6.45) is -4.57. The number of alkyl halides is 3. The number of benzene rings is 2. The zero-order chi connectivity index (χ0) is 17.9. The number of aromatic nitrogens is 2. The summed E-state index contributed by atoms with van der Waals surface area (Å²) >= 11 is 0. The monoisotopic (exact) mass is 347 g/mol. The summed E-state index contributed by atoms with van der Waals surface area (Å²) in [5.74, 6) is -1.68. The maximum Gasteiger partial charge on any atom is 0.471 e. The molecule has 1 N–H and O–H groups in total. The maximum absolute atomic E-state index is 12.4. The minimum absolute atomic E-state index is 0.0617. The van der Waals surface area contributed by atoms with E-state index in [1.54, 1.807) is 48.5 Å². The average molecular weight is 347 g/mol. The summed E-state index contributed by atoms with van der Waals surface area (Å²) in [7, 11) is 0. The molecule has 3 rings (SSSR count). The fourth-order valence-electron chi connectivity index (χ4n) is 2.12. The van der Waals surface area contributed by atoms with Crippen molar-refractivity contribution in [3.63, 3.8) is 0 Å². The molecule has 8 heteroatoms. The van der Waals surface area contributed by atoms with Gasteiger partial charge in [-0.15, -0.1) is 0 Å². The fourth-order valence-corrected chi connectivity index (χ4v) is 2.12. The minimum atomic E-state index is -4.66. The summed E-state index contributed by atoms with van der Waals surface area (Å²) in [5.41, 5.74) is 1.78. The molecule has 0 saturated heterocycles. The van der Waals surface area contributed by atoms with Gasteiger partial charge in [-0.05, 0) is 29.8 Å². The van der Waals surface area contributed by atoms with Crippen molar-refractivity contribution in [3.8, 4) is 0 Å². The lowest BCUT2D eigenvalue weighted by molar-refractivity contribution is -0.159. The Morgan fingerprint density at radius 1 is 1.04 bits per heavy atom. The van der Waals surface area contributed by atoms with E-state index in [-0.39, 0.29) is 18.2 Å². The first-order valence-electron chi connectivity index (χ1n) is 7.27. The van der Waals surface area contributed by atoms with Gasteiger partial charge in [0.1, 0.15) is 0 Å². The van der Waals surface area contributed by atoms with Crippen molar-refractivity contribution in [2.75, 3.05) is 5.32 Å². The van der Waals surface area contributed by atoms with E-state index in [9.17, 15) is 18.0 Å². The van der Waals surface area contributed by atoms with Gasteiger partial charge < -0.3 is 9.84 Å². The van der Waals surface area contributed by atoms with Crippen LogP contribution in [-0.4, -0.2) is 16.0 Å². The quantitative estimate of drug-likeness (QED) is 0.776. The zero-order valence-corrected chi connectivity index (χ0v) is 12.7. The molecule has 2 aromatic carbocycles. The zero-order valence-electron chi connectivity index (χ0n) is 12.7. The van der Waals surface area contributed by atoms with Crippen molar-refractivity contribution in [1.82, 2.24) is 10.1 Å². The summed E-state index contributed by atoms with van der Waals surface area (Å²) in [4.78, 5) is 15.4. The Balaban J connectivity index is 1.64. The van der Waals surface area contributed by atoms with Gasteiger partial charge in [0.25, 0.3) is 5.91 Å². The molecule has 25 heavy (non-hydrogen) atoms. The van der Waals surface area contributed by atoms with Crippen LogP contribution in [-0.2, 0) is 12.6 Å². The third-order valence-corrected chi connectivity index (χ3v) is 3.32. The Kier molecular flexibility index (Phi) is 4.51. The predicted molar refractivity (Wildman–Crippen MR) is 82.9 cm³/mol. The molecule has 128 valence electrons.